The number of hydrogen-bond acceptors (Lipinski definition) is 4. The van der Waals surface area contributed by atoms with Gasteiger partial charge in [-0.2, -0.15) is 18.2 Å². The van der Waals surface area contributed by atoms with Crippen molar-refractivity contribution in [2.24, 2.45) is 0 Å². The van der Waals surface area contributed by atoms with Crippen molar-refractivity contribution >= 4 is 6.29 Å². The quantitative estimate of drug-likeness (QED) is 0.759. The summed E-state index contributed by atoms with van der Waals surface area (Å²) in [6, 6.07) is 4.24. The Morgan fingerprint density at radius 2 is 1.82 bits per heavy atom. The number of nitrogens with zero attached hydrogens (tertiary/aromatic N) is 2. The van der Waals surface area contributed by atoms with E-state index in [4.69, 9.17) is 0 Å². The van der Waals surface area contributed by atoms with Gasteiger partial charge in [0, 0.05) is 5.56 Å². The normalized spacial score (nSPS) is 11.5. The molecule has 2 rings (SSSR count). The molecular weight excluding hydrogens is 237 g/mol. The molecule has 0 unspecified atom stereocenters. The number of carbonyl (C=O) groups excluding carboxylic acids is 1. The molecule has 0 aliphatic rings. The second-order valence-electron chi connectivity index (χ2n) is 3.15. The summed E-state index contributed by atoms with van der Waals surface area (Å²) in [5, 5.41) is 3.45. The summed E-state index contributed by atoms with van der Waals surface area (Å²) in [5.41, 5.74) is -0.421. The van der Waals surface area contributed by atoms with E-state index in [1.54, 1.807) is 0 Å². The average molecular weight is 242 g/mol. The second-order valence-corrected chi connectivity index (χ2v) is 3.15. The maximum atomic E-state index is 12.3. The average Bonchev–Trinajstić information content (AvgIpc) is 2.76. The monoisotopic (exact) mass is 242 g/mol. The van der Waals surface area contributed by atoms with E-state index < -0.39 is 11.7 Å². The van der Waals surface area contributed by atoms with Crippen molar-refractivity contribution in [3.8, 4) is 11.4 Å². The lowest BCUT2D eigenvalue weighted by molar-refractivity contribution is -0.137. The minimum Gasteiger partial charge on any atom is -0.331 e. The number of rotatable bonds is 2. The van der Waals surface area contributed by atoms with Crippen LogP contribution in [-0.4, -0.2) is 16.4 Å². The molecule has 0 amide bonds. The Balaban J connectivity index is 2.32. The first kappa shape index (κ1) is 11.3. The Kier molecular flexibility index (Phi) is 2.66. The fourth-order valence-corrected chi connectivity index (χ4v) is 1.21. The third-order valence-corrected chi connectivity index (χ3v) is 2.01. The lowest BCUT2D eigenvalue weighted by Crippen LogP contribution is -2.04. The molecule has 0 radical (unpaired) electrons. The molecule has 2 aromatic rings. The molecule has 0 spiro atoms. The van der Waals surface area contributed by atoms with Crippen LogP contribution in [0.3, 0.4) is 0 Å². The summed E-state index contributed by atoms with van der Waals surface area (Å²) in [5.74, 6) is -0.152. The molecule has 0 aliphatic heterocycles. The highest BCUT2D eigenvalue weighted by molar-refractivity contribution is 5.68. The zero-order chi connectivity index (χ0) is 12.5. The molecule has 88 valence electrons. The van der Waals surface area contributed by atoms with Crippen molar-refractivity contribution in [2.45, 2.75) is 6.18 Å². The molecule has 1 aromatic carbocycles. The number of hydrogen-bond donors (Lipinski definition) is 0. The highest BCUT2D eigenvalue weighted by Gasteiger charge is 2.30. The predicted octanol–water partition coefficient (Wildman–Crippen LogP) is 2.57. The van der Waals surface area contributed by atoms with E-state index in [0.29, 0.717) is 11.8 Å². The van der Waals surface area contributed by atoms with Gasteiger partial charge in [0.05, 0.1) is 5.56 Å². The van der Waals surface area contributed by atoms with Crippen molar-refractivity contribution in [2.75, 3.05) is 0 Å². The van der Waals surface area contributed by atoms with Crippen LogP contribution in [0.5, 0.6) is 0 Å². The van der Waals surface area contributed by atoms with Gasteiger partial charge in [0.1, 0.15) is 0 Å². The molecular formula is C10H5F3N2O2. The third kappa shape index (κ3) is 2.32. The van der Waals surface area contributed by atoms with Gasteiger partial charge in [-0.25, -0.2) is 0 Å². The Hall–Kier alpha value is -2.18. The predicted molar refractivity (Wildman–Crippen MR) is 50.1 cm³/mol. The van der Waals surface area contributed by atoms with E-state index in [0.717, 1.165) is 12.1 Å². The Bertz CT molecular complexity index is 531. The molecule has 0 atom stereocenters. The fraction of sp³-hybridized carbons (Fsp3) is 0.100. The largest absolute Gasteiger partial charge is 0.416 e. The summed E-state index contributed by atoms with van der Waals surface area (Å²) >= 11 is 0. The van der Waals surface area contributed by atoms with Gasteiger partial charge in [-0.05, 0) is 12.1 Å². The SMILES string of the molecule is O=Cc1nc(-c2ccc(C(F)(F)F)cc2)no1. The van der Waals surface area contributed by atoms with E-state index in [1.165, 1.54) is 12.1 Å². The standard InChI is InChI=1S/C10H5F3N2O2/c11-10(12,13)7-3-1-6(2-4-7)9-14-8(5-16)17-15-9/h1-5H. The van der Waals surface area contributed by atoms with Gasteiger partial charge in [-0.15, -0.1) is 0 Å². The first-order valence-electron chi connectivity index (χ1n) is 4.47. The molecule has 0 saturated heterocycles. The summed E-state index contributed by atoms with van der Waals surface area (Å²) in [4.78, 5) is 14.0. The molecule has 0 N–H and O–H groups in total. The fourth-order valence-electron chi connectivity index (χ4n) is 1.21. The zero-order valence-electron chi connectivity index (χ0n) is 8.23. The van der Waals surface area contributed by atoms with E-state index in [9.17, 15) is 18.0 Å². The smallest absolute Gasteiger partial charge is 0.331 e. The van der Waals surface area contributed by atoms with Crippen molar-refractivity contribution in [3.63, 3.8) is 0 Å². The topological polar surface area (TPSA) is 56.0 Å². The summed E-state index contributed by atoms with van der Waals surface area (Å²) in [7, 11) is 0. The second kappa shape index (κ2) is 4.00. The number of carbonyl (C=O) groups is 1. The Labute approximate surface area is 93.1 Å². The lowest BCUT2D eigenvalue weighted by atomic mass is 10.1. The first-order chi connectivity index (χ1) is 8.00. The van der Waals surface area contributed by atoms with E-state index in [-0.39, 0.29) is 11.7 Å². The van der Waals surface area contributed by atoms with Gasteiger partial charge >= 0.3 is 6.18 Å². The Morgan fingerprint density at radius 3 is 2.29 bits per heavy atom. The van der Waals surface area contributed by atoms with Crippen LogP contribution in [0, 0.1) is 0 Å². The minimum absolute atomic E-state index is 0.0702. The van der Waals surface area contributed by atoms with Gasteiger partial charge in [-0.1, -0.05) is 17.3 Å². The molecule has 0 fully saturated rings. The number of halogens is 3. The van der Waals surface area contributed by atoms with Gasteiger partial charge in [0.25, 0.3) is 5.89 Å². The van der Waals surface area contributed by atoms with Crippen LogP contribution in [0.1, 0.15) is 16.2 Å². The first-order valence-corrected chi connectivity index (χ1v) is 4.47. The minimum atomic E-state index is -4.39. The van der Waals surface area contributed by atoms with Crippen LogP contribution >= 0.6 is 0 Å². The van der Waals surface area contributed by atoms with Crippen LogP contribution in [-0.2, 0) is 6.18 Å². The highest BCUT2D eigenvalue weighted by Crippen LogP contribution is 2.30. The summed E-state index contributed by atoms with van der Waals surface area (Å²) in [6.45, 7) is 0. The van der Waals surface area contributed by atoms with Crippen LogP contribution < -0.4 is 0 Å². The number of alkyl halides is 3. The highest BCUT2D eigenvalue weighted by atomic mass is 19.4. The zero-order valence-corrected chi connectivity index (χ0v) is 8.23. The van der Waals surface area contributed by atoms with Crippen LogP contribution in [0.15, 0.2) is 28.8 Å². The molecule has 17 heavy (non-hydrogen) atoms. The number of aromatic nitrogens is 2. The van der Waals surface area contributed by atoms with E-state index in [2.05, 4.69) is 14.7 Å². The molecule has 4 nitrogen and oxygen atoms in total. The van der Waals surface area contributed by atoms with Gasteiger partial charge in [0.15, 0.2) is 0 Å². The van der Waals surface area contributed by atoms with Crippen molar-refractivity contribution in [1.82, 2.24) is 10.1 Å². The molecule has 0 saturated carbocycles. The maximum Gasteiger partial charge on any atom is 0.416 e. The number of aldehydes is 1. The van der Waals surface area contributed by atoms with E-state index in [1.807, 2.05) is 0 Å². The van der Waals surface area contributed by atoms with Gasteiger partial charge in [0.2, 0.25) is 12.1 Å². The summed E-state index contributed by atoms with van der Waals surface area (Å²) in [6.07, 6.45) is -4.02. The Morgan fingerprint density at radius 1 is 1.18 bits per heavy atom. The molecule has 1 aromatic heterocycles. The van der Waals surface area contributed by atoms with Crippen LogP contribution in [0.25, 0.3) is 11.4 Å². The molecule has 0 aliphatic carbocycles. The van der Waals surface area contributed by atoms with Gasteiger partial charge in [-0.3, -0.25) is 4.79 Å². The van der Waals surface area contributed by atoms with Crippen molar-refractivity contribution < 1.29 is 22.5 Å². The van der Waals surface area contributed by atoms with Gasteiger partial charge < -0.3 is 4.52 Å². The molecule has 7 heteroatoms. The van der Waals surface area contributed by atoms with Crippen molar-refractivity contribution in [1.29, 1.82) is 0 Å². The van der Waals surface area contributed by atoms with Crippen LogP contribution in [0.4, 0.5) is 13.2 Å². The summed E-state index contributed by atoms with van der Waals surface area (Å²) < 4.78 is 41.4. The molecule has 0 bridgehead atoms. The van der Waals surface area contributed by atoms with Crippen molar-refractivity contribution in [3.05, 3.63) is 35.7 Å². The van der Waals surface area contributed by atoms with Crippen LogP contribution in [0.2, 0.25) is 0 Å². The maximum absolute atomic E-state index is 12.3. The lowest BCUT2D eigenvalue weighted by Gasteiger charge is -2.05. The van der Waals surface area contributed by atoms with E-state index >= 15 is 0 Å². The number of benzene rings is 1. The third-order valence-electron chi connectivity index (χ3n) is 2.01. The molecule has 1 heterocycles.